The third-order valence-electron chi connectivity index (χ3n) is 3.21. The Kier molecular flexibility index (Phi) is 8.13. The van der Waals surface area contributed by atoms with Crippen LogP contribution in [0.1, 0.15) is 10.4 Å². The number of carbonyl (C=O) groups is 1. The number of amides is 1. The first kappa shape index (κ1) is 20.9. The lowest BCUT2D eigenvalue weighted by Gasteiger charge is -2.23. The summed E-state index contributed by atoms with van der Waals surface area (Å²) in [6.07, 6.45) is 0. The lowest BCUT2D eigenvalue weighted by atomic mass is 10.1. The molecular weight excluding hydrogens is 394 g/mol. The predicted octanol–water partition coefficient (Wildman–Crippen LogP) is 4.68. The molecule has 0 radical (unpaired) electrons. The standard InChI is InChI=1S/C16H15Cl3N2O2.ClH/c1-23-15-9-11(3-5-13(15)18)21(7-6-20)16(22)12-4-2-10(17)8-14(12)19;/h2-5,8-9H,6-7,20H2,1H3;1H. The monoisotopic (exact) mass is 408 g/mol. The first-order valence-corrected chi connectivity index (χ1v) is 7.92. The highest BCUT2D eigenvalue weighted by molar-refractivity contribution is 6.37. The van der Waals surface area contributed by atoms with Gasteiger partial charge in [-0.1, -0.05) is 34.8 Å². The fraction of sp³-hybridized carbons (Fsp3) is 0.188. The third kappa shape index (κ3) is 4.68. The maximum absolute atomic E-state index is 12.8. The van der Waals surface area contributed by atoms with Gasteiger partial charge in [-0.25, -0.2) is 0 Å². The van der Waals surface area contributed by atoms with Gasteiger partial charge in [-0.15, -0.1) is 12.4 Å². The predicted molar refractivity (Wildman–Crippen MR) is 102 cm³/mol. The topological polar surface area (TPSA) is 55.6 Å². The normalized spacial score (nSPS) is 10.0. The highest BCUT2D eigenvalue weighted by Crippen LogP contribution is 2.31. The highest BCUT2D eigenvalue weighted by atomic mass is 35.5. The maximum Gasteiger partial charge on any atom is 0.259 e. The molecule has 0 aliphatic rings. The summed E-state index contributed by atoms with van der Waals surface area (Å²) in [6, 6.07) is 9.80. The molecule has 2 aromatic carbocycles. The van der Waals surface area contributed by atoms with Crippen molar-refractivity contribution in [1.29, 1.82) is 0 Å². The van der Waals surface area contributed by atoms with Crippen molar-refractivity contribution in [2.75, 3.05) is 25.1 Å². The van der Waals surface area contributed by atoms with E-state index in [1.807, 2.05) is 0 Å². The number of hydrogen-bond acceptors (Lipinski definition) is 3. The molecule has 0 saturated carbocycles. The van der Waals surface area contributed by atoms with Gasteiger partial charge in [0.25, 0.3) is 5.91 Å². The van der Waals surface area contributed by atoms with Gasteiger partial charge >= 0.3 is 0 Å². The van der Waals surface area contributed by atoms with Crippen molar-refractivity contribution >= 4 is 58.8 Å². The van der Waals surface area contributed by atoms with Crippen LogP contribution in [-0.4, -0.2) is 26.1 Å². The summed E-state index contributed by atoms with van der Waals surface area (Å²) < 4.78 is 5.19. The summed E-state index contributed by atoms with van der Waals surface area (Å²) in [5.41, 5.74) is 6.60. The first-order valence-electron chi connectivity index (χ1n) is 6.78. The molecule has 0 fully saturated rings. The molecule has 130 valence electrons. The van der Waals surface area contributed by atoms with E-state index in [9.17, 15) is 4.79 Å². The van der Waals surface area contributed by atoms with Gasteiger partial charge in [-0.05, 0) is 30.3 Å². The smallest absolute Gasteiger partial charge is 0.259 e. The lowest BCUT2D eigenvalue weighted by Crippen LogP contribution is -2.35. The zero-order chi connectivity index (χ0) is 17.0. The maximum atomic E-state index is 12.8. The number of rotatable bonds is 5. The summed E-state index contributed by atoms with van der Waals surface area (Å²) in [5, 5.41) is 1.21. The summed E-state index contributed by atoms with van der Waals surface area (Å²) in [4.78, 5) is 14.3. The van der Waals surface area contributed by atoms with Gasteiger partial charge in [0.2, 0.25) is 0 Å². The molecule has 0 unspecified atom stereocenters. The van der Waals surface area contributed by atoms with Crippen molar-refractivity contribution in [3.8, 4) is 5.75 Å². The molecule has 0 aliphatic carbocycles. The van der Waals surface area contributed by atoms with Crippen LogP contribution in [0.5, 0.6) is 5.75 Å². The van der Waals surface area contributed by atoms with Crippen LogP contribution in [-0.2, 0) is 0 Å². The molecule has 0 aliphatic heterocycles. The quantitative estimate of drug-likeness (QED) is 0.779. The number of nitrogens with two attached hydrogens (primary N) is 1. The van der Waals surface area contributed by atoms with Crippen LogP contribution in [0.4, 0.5) is 5.69 Å². The van der Waals surface area contributed by atoms with E-state index >= 15 is 0 Å². The van der Waals surface area contributed by atoms with Crippen LogP contribution in [0.25, 0.3) is 0 Å². The Hall–Kier alpha value is -1.17. The Bertz CT molecular complexity index is 725. The zero-order valence-corrected chi connectivity index (χ0v) is 15.8. The average Bonchev–Trinajstić information content (AvgIpc) is 2.53. The Labute approximate surface area is 161 Å². The van der Waals surface area contributed by atoms with Gasteiger partial charge in [0.05, 0.1) is 22.7 Å². The van der Waals surface area contributed by atoms with Crippen LogP contribution >= 0.6 is 47.2 Å². The van der Waals surface area contributed by atoms with E-state index in [4.69, 9.17) is 45.3 Å². The average molecular weight is 410 g/mol. The van der Waals surface area contributed by atoms with Crippen molar-refractivity contribution in [2.45, 2.75) is 0 Å². The van der Waals surface area contributed by atoms with E-state index in [0.29, 0.717) is 40.1 Å². The molecule has 0 atom stereocenters. The van der Waals surface area contributed by atoms with Crippen molar-refractivity contribution in [2.24, 2.45) is 5.73 Å². The number of carbonyl (C=O) groups excluding carboxylic acids is 1. The number of methoxy groups -OCH3 is 1. The summed E-state index contributed by atoms with van der Waals surface area (Å²) >= 11 is 18.0. The minimum Gasteiger partial charge on any atom is -0.495 e. The van der Waals surface area contributed by atoms with Gasteiger partial charge in [0.15, 0.2) is 0 Å². The third-order valence-corrected chi connectivity index (χ3v) is 4.07. The van der Waals surface area contributed by atoms with Gasteiger partial charge < -0.3 is 15.4 Å². The zero-order valence-electron chi connectivity index (χ0n) is 12.8. The van der Waals surface area contributed by atoms with Crippen LogP contribution < -0.4 is 15.4 Å². The van der Waals surface area contributed by atoms with Gasteiger partial charge in [0.1, 0.15) is 5.75 Å². The van der Waals surface area contributed by atoms with Crippen molar-refractivity contribution in [3.63, 3.8) is 0 Å². The number of nitrogens with zero attached hydrogens (tertiary/aromatic N) is 1. The first-order chi connectivity index (χ1) is 11.0. The molecular formula is C16H16Cl4N2O2. The van der Waals surface area contributed by atoms with Crippen molar-refractivity contribution in [3.05, 3.63) is 57.0 Å². The number of benzene rings is 2. The van der Waals surface area contributed by atoms with E-state index in [1.54, 1.807) is 30.3 Å². The van der Waals surface area contributed by atoms with Crippen LogP contribution in [0, 0.1) is 0 Å². The minimum atomic E-state index is -0.276. The lowest BCUT2D eigenvalue weighted by molar-refractivity contribution is 0.0987. The molecule has 4 nitrogen and oxygen atoms in total. The molecule has 24 heavy (non-hydrogen) atoms. The molecule has 0 spiro atoms. The Morgan fingerprint density at radius 3 is 2.42 bits per heavy atom. The second-order valence-electron chi connectivity index (χ2n) is 4.69. The molecule has 2 N–H and O–H groups in total. The fourth-order valence-electron chi connectivity index (χ4n) is 2.10. The largest absolute Gasteiger partial charge is 0.495 e. The molecule has 2 rings (SSSR count). The summed E-state index contributed by atoms with van der Waals surface area (Å²) in [5.74, 6) is 0.197. The second-order valence-corrected chi connectivity index (χ2v) is 5.94. The molecule has 2 aromatic rings. The van der Waals surface area contributed by atoms with Crippen LogP contribution in [0.3, 0.4) is 0 Å². The van der Waals surface area contributed by atoms with E-state index in [-0.39, 0.29) is 23.3 Å². The highest BCUT2D eigenvalue weighted by Gasteiger charge is 2.20. The fourth-order valence-corrected chi connectivity index (χ4v) is 2.79. The molecule has 0 saturated heterocycles. The number of halogens is 4. The number of hydrogen-bond donors (Lipinski definition) is 1. The summed E-state index contributed by atoms with van der Waals surface area (Å²) in [6.45, 7) is 0.616. The minimum absolute atomic E-state index is 0. The molecule has 0 bridgehead atoms. The molecule has 1 amide bonds. The SMILES string of the molecule is COc1cc(N(CCN)C(=O)c2ccc(Cl)cc2Cl)ccc1Cl.Cl. The molecule has 0 aromatic heterocycles. The van der Waals surface area contributed by atoms with E-state index < -0.39 is 0 Å². The second kappa shape index (κ2) is 9.35. The van der Waals surface area contributed by atoms with Gasteiger partial charge in [0, 0.05) is 29.9 Å². The van der Waals surface area contributed by atoms with E-state index in [1.165, 1.54) is 18.1 Å². The van der Waals surface area contributed by atoms with Crippen molar-refractivity contribution in [1.82, 2.24) is 0 Å². The van der Waals surface area contributed by atoms with Crippen molar-refractivity contribution < 1.29 is 9.53 Å². The van der Waals surface area contributed by atoms with E-state index in [0.717, 1.165) is 0 Å². The Balaban J connectivity index is 0.00000288. The number of ether oxygens (including phenoxy) is 1. The van der Waals surface area contributed by atoms with Crippen LogP contribution in [0.2, 0.25) is 15.1 Å². The Morgan fingerprint density at radius 2 is 1.83 bits per heavy atom. The van der Waals surface area contributed by atoms with Gasteiger partial charge in [-0.3, -0.25) is 4.79 Å². The van der Waals surface area contributed by atoms with Gasteiger partial charge in [-0.2, -0.15) is 0 Å². The molecule has 8 heteroatoms. The Morgan fingerprint density at radius 1 is 1.12 bits per heavy atom. The summed E-state index contributed by atoms with van der Waals surface area (Å²) in [7, 11) is 1.51. The van der Waals surface area contributed by atoms with E-state index in [2.05, 4.69) is 0 Å². The number of anilines is 1. The molecule has 0 heterocycles. The van der Waals surface area contributed by atoms with Crippen LogP contribution in [0.15, 0.2) is 36.4 Å².